The number of piperidine rings is 1. The average molecular weight is 284 g/mol. The van der Waals surface area contributed by atoms with E-state index in [4.69, 9.17) is 5.73 Å². The molecule has 1 aromatic carbocycles. The van der Waals surface area contributed by atoms with E-state index in [1.165, 1.54) is 6.07 Å². The van der Waals surface area contributed by atoms with E-state index in [9.17, 15) is 13.5 Å². The Morgan fingerprint density at radius 1 is 1.42 bits per heavy atom. The fourth-order valence-corrected chi connectivity index (χ4v) is 3.23. The van der Waals surface area contributed by atoms with Gasteiger partial charge in [-0.2, -0.15) is 0 Å². The second kappa shape index (κ2) is 5.02. The first-order valence-electron chi connectivity index (χ1n) is 6.32. The lowest BCUT2D eigenvalue weighted by atomic mass is 9.95. The monoisotopic (exact) mass is 284 g/mol. The highest BCUT2D eigenvalue weighted by atomic mass is 32.2. The SMILES string of the molecule is CC1CCN(c2cccc(S(C)(=O)=O)c2N)CC1O. The molecule has 1 heterocycles. The maximum atomic E-state index is 11.7. The van der Waals surface area contributed by atoms with Crippen LogP contribution in [0.25, 0.3) is 0 Å². The van der Waals surface area contributed by atoms with E-state index in [0.717, 1.165) is 19.2 Å². The number of aliphatic hydroxyl groups is 1. The minimum Gasteiger partial charge on any atom is -0.396 e. The first kappa shape index (κ1) is 14.1. The number of para-hydroxylation sites is 1. The van der Waals surface area contributed by atoms with Crippen LogP contribution >= 0.6 is 0 Å². The largest absolute Gasteiger partial charge is 0.396 e. The molecule has 1 fully saturated rings. The number of hydrogen-bond acceptors (Lipinski definition) is 5. The van der Waals surface area contributed by atoms with E-state index in [2.05, 4.69) is 0 Å². The Morgan fingerprint density at radius 3 is 2.68 bits per heavy atom. The molecular formula is C13H20N2O3S. The lowest BCUT2D eigenvalue weighted by Gasteiger charge is -2.36. The zero-order valence-electron chi connectivity index (χ0n) is 11.2. The second-order valence-corrected chi connectivity index (χ2v) is 7.22. The number of rotatable bonds is 2. The van der Waals surface area contributed by atoms with Crippen LogP contribution in [-0.2, 0) is 9.84 Å². The second-order valence-electron chi connectivity index (χ2n) is 5.24. The Bertz CT molecular complexity index is 571. The van der Waals surface area contributed by atoms with Crippen molar-refractivity contribution in [1.82, 2.24) is 0 Å². The normalized spacial score (nSPS) is 24.5. The molecule has 0 bridgehead atoms. The zero-order valence-corrected chi connectivity index (χ0v) is 12.0. The predicted molar refractivity (Wildman–Crippen MR) is 76.0 cm³/mol. The van der Waals surface area contributed by atoms with Gasteiger partial charge in [0.25, 0.3) is 0 Å². The fraction of sp³-hybridized carbons (Fsp3) is 0.538. The van der Waals surface area contributed by atoms with E-state index in [-0.39, 0.29) is 16.5 Å². The van der Waals surface area contributed by atoms with Crippen LogP contribution in [0.2, 0.25) is 0 Å². The highest BCUT2D eigenvalue weighted by molar-refractivity contribution is 7.90. The maximum Gasteiger partial charge on any atom is 0.177 e. The number of aliphatic hydroxyl groups excluding tert-OH is 1. The number of sulfone groups is 1. The first-order valence-corrected chi connectivity index (χ1v) is 8.21. The van der Waals surface area contributed by atoms with E-state index >= 15 is 0 Å². The van der Waals surface area contributed by atoms with E-state index in [1.54, 1.807) is 12.1 Å². The molecule has 106 valence electrons. The molecule has 0 aliphatic carbocycles. The van der Waals surface area contributed by atoms with Crippen LogP contribution < -0.4 is 10.6 Å². The third-order valence-electron chi connectivity index (χ3n) is 3.70. The van der Waals surface area contributed by atoms with Crippen molar-refractivity contribution in [2.45, 2.75) is 24.3 Å². The van der Waals surface area contributed by atoms with Crippen LogP contribution in [-0.4, -0.2) is 39.0 Å². The maximum absolute atomic E-state index is 11.7. The minimum absolute atomic E-state index is 0.151. The minimum atomic E-state index is -3.33. The molecule has 2 atom stereocenters. The predicted octanol–water partition coefficient (Wildman–Crippen LogP) is 0.879. The van der Waals surface area contributed by atoms with Crippen LogP contribution in [0.15, 0.2) is 23.1 Å². The third kappa shape index (κ3) is 2.84. The number of anilines is 2. The summed E-state index contributed by atoms with van der Waals surface area (Å²) in [5, 5.41) is 9.93. The number of β-amino-alcohol motifs (C(OH)–C–C–N with tert-alkyl or cyclic N) is 1. The molecule has 2 unspecified atom stereocenters. The first-order chi connectivity index (χ1) is 8.80. The third-order valence-corrected chi connectivity index (χ3v) is 4.86. The molecule has 1 aliphatic rings. The summed E-state index contributed by atoms with van der Waals surface area (Å²) >= 11 is 0. The van der Waals surface area contributed by atoms with Gasteiger partial charge in [-0.3, -0.25) is 0 Å². The van der Waals surface area contributed by atoms with Crippen molar-refractivity contribution in [3.05, 3.63) is 18.2 Å². The molecular weight excluding hydrogens is 264 g/mol. The molecule has 2 rings (SSSR count). The van der Waals surface area contributed by atoms with Gasteiger partial charge in [-0.1, -0.05) is 13.0 Å². The van der Waals surface area contributed by atoms with Gasteiger partial charge in [0.1, 0.15) is 0 Å². The molecule has 1 aliphatic heterocycles. The van der Waals surface area contributed by atoms with Crippen molar-refractivity contribution >= 4 is 21.2 Å². The Balaban J connectivity index is 2.36. The summed E-state index contributed by atoms with van der Waals surface area (Å²) in [6.45, 7) is 3.27. The Kier molecular flexibility index (Phi) is 3.73. The molecule has 1 saturated heterocycles. The molecule has 5 nitrogen and oxygen atoms in total. The van der Waals surface area contributed by atoms with Gasteiger partial charge in [0.2, 0.25) is 0 Å². The lowest BCUT2D eigenvalue weighted by molar-refractivity contribution is 0.103. The molecule has 0 aromatic heterocycles. The number of nitrogens with two attached hydrogens (primary N) is 1. The molecule has 0 saturated carbocycles. The zero-order chi connectivity index (χ0) is 14.2. The highest BCUT2D eigenvalue weighted by Gasteiger charge is 2.26. The van der Waals surface area contributed by atoms with Gasteiger partial charge < -0.3 is 15.7 Å². The van der Waals surface area contributed by atoms with Gasteiger partial charge in [0.15, 0.2) is 9.84 Å². The number of benzene rings is 1. The van der Waals surface area contributed by atoms with Gasteiger partial charge in [-0.05, 0) is 24.5 Å². The van der Waals surface area contributed by atoms with Crippen LogP contribution in [0, 0.1) is 5.92 Å². The van der Waals surface area contributed by atoms with Crippen LogP contribution in [0.3, 0.4) is 0 Å². The van der Waals surface area contributed by atoms with Crippen LogP contribution in [0.4, 0.5) is 11.4 Å². The van der Waals surface area contributed by atoms with Crippen LogP contribution in [0.5, 0.6) is 0 Å². The number of hydrogen-bond donors (Lipinski definition) is 2. The smallest absolute Gasteiger partial charge is 0.177 e. The van der Waals surface area contributed by atoms with Crippen molar-refractivity contribution in [3.8, 4) is 0 Å². The highest BCUT2D eigenvalue weighted by Crippen LogP contribution is 2.32. The van der Waals surface area contributed by atoms with E-state index < -0.39 is 15.9 Å². The summed E-state index contributed by atoms with van der Waals surface area (Å²) < 4.78 is 23.3. The van der Waals surface area contributed by atoms with Gasteiger partial charge >= 0.3 is 0 Å². The summed E-state index contributed by atoms with van der Waals surface area (Å²) in [7, 11) is -3.33. The summed E-state index contributed by atoms with van der Waals surface area (Å²) in [6, 6.07) is 5.00. The van der Waals surface area contributed by atoms with E-state index in [1.807, 2.05) is 11.8 Å². The van der Waals surface area contributed by atoms with Crippen molar-refractivity contribution < 1.29 is 13.5 Å². The standard InChI is InChI=1S/C13H20N2O3S/c1-9-6-7-15(8-11(9)16)10-4-3-5-12(13(10)14)19(2,17)18/h3-5,9,11,16H,6-8,14H2,1-2H3. The van der Waals surface area contributed by atoms with Gasteiger partial charge in [0.05, 0.1) is 22.4 Å². The Morgan fingerprint density at radius 2 is 2.11 bits per heavy atom. The van der Waals surface area contributed by atoms with Gasteiger partial charge in [-0.25, -0.2) is 8.42 Å². The average Bonchev–Trinajstić information content (AvgIpc) is 2.32. The topological polar surface area (TPSA) is 83.6 Å². The number of nitrogen functional groups attached to an aromatic ring is 1. The summed E-state index contributed by atoms with van der Waals surface area (Å²) in [4.78, 5) is 2.10. The number of nitrogens with zero attached hydrogens (tertiary/aromatic N) is 1. The molecule has 3 N–H and O–H groups in total. The van der Waals surface area contributed by atoms with Crippen molar-refractivity contribution in [2.75, 3.05) is 30.0 Å². The molecule has 0 spiro atoms. The molecule has 19 heavy (non-hydrogen) atoms. The van der Waals surface area contributed by atoms with Crippen molar-refractivity contribution in [1.29, 1.82) is 0 Å². The molecule has 0 radical (unpaired) electrons. The van der Waals surface area contributed by atoms with Gasteiger partial charge in [-0.15, -0.1) is 0 Å². The van der Waals surface area contributed by atoms with Crippen molar-refractivity contribution in [2.24, 2.45) is 5.92 Å². The summed E-state index contributed by atoms with van der Waals surface area (Å²) in [5.41, 5.74) is 6.94. The molecule has 6 heteroatoms. The lowest BCUT2D eigenvalue weighted by Crippen LogP contribution is -2.43. The molecule has 1 aromatic rings. The Hall–Kier alpha value is -1.27. The van der Waals surface area contributed by atoms with Crippen molar-refractivity contribution in [3.63, 3.8) is 0 Å². The van der Waals surface area contributed by atoms with E-state index in [0.29, 0.717) is 12.2 Å². The summed E-state index contributed by atoms with van der Waals surface area (Å²) in [6.07, 6.45) is 1.61. The fourth-order valence-electron chi connectivity index (χ4n) is 2.40. The molecule has 0 amide bonds. The Labute approximate surface area is 113 Å². The van der Waals surface area contributed by atoms with Crippen LogP contribution in [0.1, 0.15) is 13.3 Å². The quantitative estimate of drug-likeness (QED) is 0.788. The van der Waals surface area contributed by atoms with Gasteiger partial charge in [0, 0.05) is 19.3 Å². The summed E-state index contributed by atoms with van der Waals surface area (Å²) in [5.74, 6) is 0.260.